The fourth-order valence-electron chi connectivity index (χ4n) is 2.23. The van der Waals surface area contributed by atoms with Gasteiger partial charge in [0.05, 0.1) is 5.69 Å². The largest absolute Gasteiger partial charge is 0.371 e. The van der Waals surface area contributed by atoms with Gasteiger partial charge in [-0.05, 0) is 37.0 Å². The van der Waals surface area contributed by atoms with Crippen molar-refractivity contribution >= 4 is 5.82 Å². The second-order valence-corrected chi connectivity index (χ2v) is 4.84. The molecule has 0 aliphatic carbocycles. The zero-order chi connectivity index (χ0) is 13.8. The summed E-state index contributed by atoms with van der Waals surface area (Å²) >= 11 is 0. The standard InChI is InChI=1S/C16H21N3/c1-5-6-13-7-9-14(10-8-13)15-11(2)12(3)16(17-4)19-18-15/h7-10H,5-6H2,1-4H3,(H,17,19). The first-order valence-electron chi connectivity index (χ1n) is 6.78. The van der Waals surface area contributed by atoms with E-state index in [0.29, 0.717) is 0 Å². The number of hydrogen-bond donors (Lipinski definition) is 1. The van der Waals surface area contributed by atoms with Crippen molar-refractivity contribution in [1.82, 2.24) is 10.2 Å². The van der Waals surface area contributed by atoms with Crippen LogP contribution in [-0.4, -0.2) is 17.2 Å². The molecule has 0 aliphatic heterocycles. The van der Waals surface area contributed by atoms with Crippen molar-refractivity contribution in [3.63, 3.8) is 0 Å². The molecule has 0 spiro atoms. The van der Waals surface area contributed by atoms with E-state index in [0.717, 1.165) is 29.1 Å². The Hall–Kier alpha value is -1.90. The molecular formula is C16H21N3. The number of nitrogens with one attached hydrogen (secondary N) is 1. The molecule has 1 aromatic carbocycles. The minimum Gasteiger partial charge on any atom is -0.371 e. The maximum absolute atomic E-state index is 4.34. The van der Waals surface area contributed by atoms with Crippen LogP contribution in [0.2, 0.25) is 0 Å². The van der Waals surface area contributed by atoms with Crippen molar-refractivity contribution in [3.8, 4) is 11.3 Å². The highest BCUT2D eigenvalue weighted by Gasteiger charge is 2.10. The van der Waals surface area contributed by atoms with Gasteiger partial charge in [0.2, 0.25) is 0 Å². The molecule has 3 nitrogen and oxygen atoms in total. The summed E-state index contributed by atoms with van der Waals surface area (Å²) in [4.78, 5) is 0. The van der Waals surface area contributed by atoms with Crippen LogP contribution in [-0.2, 0) is 6.42 Å². The van der Waals surface area contributed by atoms with Gasteiger partial charge in [0.15, 0.2) is 5.82 Å². The zero-order valence-electron chi connectivity index (χ0n) is 12.1. The van der Waals surface area contributed by atoms with Crippen LogP contribution in [0.5, 0.6) is 0 Å². The maximum atomic E-state index is 4.34. The Morgan fingerprint density at radius 3 is 2.26 bits per heavy atom. The minimum absolute atomic E-state index is 0.851. The van der Waals surface area contributed by atoms with Gasteiger partial charge in [-0.1, -0.05) is 37.6 Å². The Morgan fingerprint density at radius 2 is 1.68 bits per heavy atom. The first kappa shape index (κ1) is 13.5. The Kier molecular flexibility index (Phi) is 4.15. The molecule has 2 rings (SSSR count). The molecule has 0 atom stereocenters. The highest BCUT2D eigenvalue weighted by molar-refractivity contribution is 5.66. The molecule has 2 aromatic rings. The minimum atomic E-state index is 0.851. The smallest absolute Gasteiger partial charge is 0.151 e. The lowest BCUT2D eigenvalue weighted by Gasteiger charge is -2.11. The SMILES string of the molecule is CCCc1ccc(-c2nnc(NC)c(C)c2C)cc1. The molecule has 1 heterocycles. The van der Waals surface area contributed by atoms with Gasteiger partial charge in [-0.2, -0.15) is 0 Å². The number of hydrogen-bond acceptors (Lipinski definition) is 3. The van der Waals surface area contributed by atoms with E-state index in [1.165, 1.54) is 17.5 Å². The predicted octanol–water partition coefficient (Wildman–Crippen LogP) is 3.75. The number of aryl methyl sites for hydroxylation is 1. The van der Waals surface area contributed by atoms with Gasteiger partial charge < -0.3 is 5.32 Å². The molecule has 0 fully saturated rings. The van der Waals surface area contributed by atoms with E-state index < -0.39 is 0 Å². The quantitative estimate of drug-likeness (QED) is 0.904. The summed E-state index contributed by atoms with van der Waals surface area (Å²) in [7, 11) is 1.87. The Morgan fingerprint density at radius 1 is 1.00 bits per heavy atom. The van der Waals surface area contributed by atoms with Crippen molar-refractivity contribution in [2.75, 3.05) is 12.4 Å². The van der Waals surface area contributed by atoms with Gasteiger partial charge in [-0.25, -0.2) is 0 Å². The number of benzene rings is 1. The van der Waals surface area contributed by atoms with Crippen molar-refractivity contribution in [3.05, 3.63) is 41.0 Å². The van der Waals surface area contributed by atoms with Crippen molar-refractivity contribution in [2.45, 2.75) is 33.6 Å². The molecule has 1 N–H and O–H groups in total. The Bertz CT molecular complexity index is 559. The van der Waals surface area contributed by atoms with E-state index in [1.54, 1.807) is 0 Å². The molecule has 100 valence electrons. The molecule has 0 saturated carbocycles. The number of anilines is 1. The van der Waals surface area contributed by atoms with Crippen LogP contribution in [0, 0.1) is 13.8 Å². The van der Waals surface area contributed by atoms with Crippen LogP contribution < -0.4 is 5.32 Å². The van der Waals surface area contributed by atoms with E-state index in [2.05, 4.69) is 60.6 Å². The Labute approximate surface area is 115 Å². The molecule has 19 heavy (non-hydrogen) atoms. The van der Waals surface area contributed by atoms with Gasteiger partial charge in [0.25, 0.3) is 0 Å². The normalized spacial score (nSPS) is 10.5. The van der Waals surface area contributed by atoms with Crippen LogP contribution in [0.25, 0.3) is 11.3 Å². The molecule has 0 aliphatic rings. The molecule has 0 radical (unpaired) electrons. The second kappa shape index (κ2) is 5.83. The van der Waals surface area contributed by atoms with E-state index in [4.69, 9.17) is 0 Å². The predicted molar refractivity (Wildman–Crippen MR) is 80.5 cm³/mol. The topological polar surface area (TPSA) is 37.8 Å². The summed E-state index contributed by atoms with van der Waals surface area (Å²) in [5.74, 6) is 0.851. The summed E-state index contributed by atoms with van der Waals surface area (Å²) in [6, 6.07) is 8.64. The fourth-order valence-corrected chi connectivity index (χ4v) is 2.23. The van der Waals surface area contributed by atoms with Gasteiger partial charge in [0.1, 0.15) is 0 Å². The molecule has 1 aromatic heterocycles. The van der Waals surface area contributed by atoms with Crippen LogP contribution in [0.4, 0.5) is 5.82 Å². The summed E-state index contributed by atoms with van der Waals surface area (Å²) in [6.07, 6.45) is 2.30. The fraction of sp³-hybridized carbons (Fsp3) is 0.375. The van der Waals surface area contributed by atoms with Crippen LogP contribution in [0.15, 0.2) is 24.3 Å². The zero-order valence-corrected chi connectivity index (χ0v) is 12.1. The van der Waals surface area contributed by atoms with Crippen LogP contribution in [0.1, 0.15) is 30.0 Å². The molecule has 0 unspecified atom stereocenters. The maximum Gasteiger partial charge on any atom is 0.151 e. The monoisotopic (exact) mass is 255 g/mol. The summed E-state index contributed by atoms with van der Waals surface area (Å²) < 4.78 is 0. The molecule has 0 amide bonds. The summed E-state index contributed by atoms with van der Waals surface area (Å²) in [5, 5.41) is 11.6. The average Bonchev–Trinajstić information content (AvgIpc) is 2.43. The highest BCUT2D eigenvalue weighted by atomic mass is 15.2. The third kappa shape index (κ3) is 2.75. The van der Waals surface area contributed by atoms with Gasteiger partial charge in [0, 0.05) is 12.6 Å². The third-order valence-corrected chi connectivity index (χ3v) is 3.53. The van der Waals surface area contributed by atoms with Gasteiger partial charge in [-0.3, -0.25) is 0 Å². The summed E-state index contributed by atoms with van der Waals surface area (Å²) in [5.41, 5.74) is 5.82. The van der Waals surface area contributed by atoms with E-state index in [-0.39, 0.29) is 0 Å². The number of rotatable bonds is 4. The Balaban J connectivity index is 2.39. The summed E-state index contributed by atoms with van der Waals surface area (Å²) in [6.45, 7) is 6.37. The first-order chi connectivity index (χ1) is 9.17. The van der Waals surface area contributed by atoms with Crippen LogP contribution >= 0.6 is 0 Å². The van der Waals surface area contributed by atoms with E-state index in [9.17, 15) is 0 Å². The van der Waals surface area contributed by atoms with Crippen LogP contribution in [0.3, 0.4) is 0 Å². The molecular weight excluding hydrogens is 234 g/mol. The average molecular weight is 255 g/mol. The number of nitrogens with zero attached hydrogens (tertiary/aromatic N) is 2. The van der Waals surface area contributed by atoms with Gasteiger partial charge in [-0.15, -0.1) is 10.2 Å². The lowest BCUT2D eigenvalue weighted by atomic mass is 10.0. The first-order valence-corrected chi connectivity index (χ1v) is 6.78. The van der Waals surface area contributed by atoms with Crippen molar-refractivity contribution in [2.24, 2.45) is 0 Å². The van der Waals surface area contributed by atoms with Gasteiger partial charge >= 0.3 is 0 Å². The molecule has 0 saturated heterocycles. The lowest BCUT2D eigenvalue weighted by Crippen LogP contribution is -2.02. The lowest BCUT2D eigenvalue weighted by molar-refractivity contribution is 0.921. The van der Waals surface area contributed by atoms with Crippen molar-refractivity contribution in [1.29, 1.82) is 0 Å². The van der Waals surface area contributed by atoms with E-state index >= 15 is 0 Å². The molecule has 0 bridgehead atoms. The molecule has 3 heteroatoms. The van der Waals surface area contributed by atoms with E-state index in [1.807, 2.05) is 7.05 Å². The van der Waals surface area contributed by atoms with Crippen molar-refractivity contribution < 1.29 is 0 Å². The number of aromatic nitrogens is 2. The second-order valence-electron chi connectivity index (χ2n) is 4.84. The highest BCUT2D eigenvalue weighted by Crippen LogP contribution is 2.26. The third-order valence-electron chi connectivity index (χ3n) is 3.53.